The molecule has 0 saturated carbocycles. The smallest absolute Gasteiger partial charge is 0.197 e. The third-order valence-corrected chi connectivity index (χ3v) is 5.08. The molecule has 0 radical (unpaired) electrons. The van der Waals surface area contributed by atoms with Crippen LogP contribution in [0, 0.1) is 20.9 Å². The van der Waals surface area contributed by atoms with Crippen molar-refractivity contribution in [3.05, 3.63) is 91.7 Å². The van der Waals surface area contributed by atoms with Crippen LogP contribution in [0.15, 0.2) is 59.7 Å². The van der Waals surface area contributed by atoms with Gasteiger partial charge in [-0.1, -0.05) is 42.5 Å². The van der Waals surface area contributed by atoms with E-state index < -0.39 is 0 Å². The number of rotatable bonds is 0. The number of H-pyrrole nitrogens is 1. The van der Waals surface area contributed by atoms with E-state index in [1.807, 2.05) is 24.4 Å². The van der Waals surface area contributed by atoms with Crippen molar-refractivity contribution < 1.29 is 5.11 Å². The van der Waals surface area contributed by atoms with E-state index in [1.54, 1.807) is 0 Å². The summed E-state index contributed by atoms with van der Waals surface area (Å²) >= 11 is 0. The fourth-order valence-electron chi connectivity index (χ4n) is 4.10. The molecular formula is C21H12N2O. The van der Waals surface area contributed by atoms with Crippen LogP contribution in [-0.2, 0) is 0 Å². The number of aromatic hydroxyl groups is 1. The lowest BCUT2D eigenvalue weighted by molar-refractivity contribution is 0.462. The first-order chi connectivity index (χ1) is 11.8. The highest BCUT2D eigenvalue weighted by molar-refractivity contribution is 5.96. The van der Waals surface area contributed by atoms with Crippen molar-refractivity contribution in [3.8, 4) is 5.88 Å². The zero-order valence-corrected chi connectivity index (χ0v) is 12.7. The SMILES string of the molecule is Oc1[nH]cc2c3c(c4c(c12)=c1ccccc1=N4)C=c1ccccc1=3. The molecule has 0 bridgehead atoms. The monoisotopic (exact) mass is 308 g/mol. The van der Waals surface area contributed by atoms with Gasteiger partial charge in [0.15, 0.2) is 5.88 Å². The van der Waals surface area contributed by atoms with Gasteiger partial charge in [-0.05, 0) is 22.6 Å². The van der Waals surface area contributed by atoms with E-state index in [1.165, 1.54) is 10.4 Å². The van der Waals surface area contributed by atoms with Crippen molar-refractivity contribution in [2.75, 3.05) is 0 Å². The average molecular weight is 308 g/mol. The Hall–Kier alpha value is -3.33. The molecule has 24 heavy (non-hydrogen) atoms. The molecule has 112 valence electrons. The summed E-state index contributed by atoms with van der Waals surface area (Å²) in [6, 6.07) is 16.5. The van der Waals surface area contributed by atoms with Gasteiger partial charge in [-0.2, -0.15) is 0 Å². The minimum Gasteiger partial charge on any atom is -0.494 e. The Morgan fingerprint density at radius 2 is 1.67 bits per heavy atom. The van der Waals surface area contributed by atoms with Gasteiger partial charge in [-0.15, -0.1) is 0 Å². The fourth-order valence-corrected chi connectivity index (χ4v) is 4.10. The van der Waals surface area contributed by atoms with Crippen LogP contribution in [0.5, 0.6) is 5.88 Å². The Bertz CT molecular complexity index is 1510. The van der Waals surface area contributed by atoms with Crippen molar-refractivity contribution in [3.63, 3.8) is 0 Å². The van der Waals surface area contributed by atoms with Crippen LogP contribution in [0.25, 0.3) is 16.8 Å². The summed E-state index contributed by atoms with van der Waals surface area (Å²) < 4.78 is 0. The molecule has 4 aromatic rings. The maximum Gasteiger partial charge on any atom is 0.197 e. The second-order valence-electron chi connectivity index (χ2n) is 6.30. The molecule has 3 nitrogen and oxygen atoms in total. The van der Waals surface area contributed by atoms with Gasteiger partial charge in [0.2, 0.25) is 0 Å². The molecule has 0 unspecified atom stereocenters. The van der Waals surface area contributed by atoms with Gasteiger partial charge >= 0.3 is 0 Å². The molecule has 6 rings (SSSR count). The summed E-state index contributed by atoms with van der Waals surface area (Å²) in [5.74, 6) is 0.209. The highest BCUT2D eigenvalue weighted by atomic mass is 16.3. The number of fused-ring (bicyclic) bond motifs is 8. The number of hydrogen-bond acceptors (Lipinski definition) is 2. The van der Waals surface area contributed by atoms with E-state index in [4.69, 9.17) is 4.99 Å². The molecule has 2 aliphatic rings. The first-order valence-corrected chi connectivity index (χ1v) is 7.98. The van der Waals surface area contributed by atoms with Crippen LogP contribution in [0.2, 0.25) is 0 Å². The van der Waals surface area contributed by atoms with Crippen molar-refractivity contribution in [2.24, 2.45) is 4.99 Å². The molecule has 2 N–H and O–H groups in total. The first kappa shape index (κ1) is 12.1. The average Bonchev–Trinajstić information content (AvgIpc) is 3.27. The molecule has 3 heteroatoms. The molecule has 0 atom stereocenters. The summed E-state index contributed by atoms with van der Waals surface area (Å²) in [7, 11) is 0. The van der Waals surface area contributed by atoms with Crippen molar-refractivity contribution >= 4 is 22.5 Å². The largest absolute Gasteiger partial charge is 0.494 e. The zero-order valence-electron chi connectivity index (χ0n) is 12.7. The highest BCUT2D eigenvalue weighted by Gasteiger charge is 2.20. The van der Waals surface area contributed by atoms with Gasteiger partial charge in [0.25, 0.3) is 0 Å². The van der Waals surface area contributed by atoms with Crippen LogP contribution in [-0.4, -0.2) is 10.1 Å². The summed E-state index contributed by atoms with van der Waals surface area (Å²) in [5.41, 5.74) is 2.11. The molecule has 0 saturated heterocycles. The van der Waals surface area contributed by atoms with Gasteiger partial charge in [0.1, 0.15) is 0 Å². The van der Waals surface area contributed by atoms with Crippen LogP contribution < -0.4 is 10.6 Å². The van der Waals surface area contributed by atoms with Crippen LogP contribution in [0.3, 0.4) is 0 Å². The predicted molar refractivity (Wildman–Crippen MR) is 92.2 cm³/mol. The van der Waals surface area contributed by atoms with Crippen molar-refractivity contribution in [1.29, 1.82) is 0 Å². The molecule has 1 aliphatic carbocycles. The quantitative estimate of drug-likeness (QED) is 0.445. The Kier molecular flexibility index (Phi) is 2.00. The number of aromatic amines is 1. The molecule has 0 spiro atoms. The fraction of sp³-hybridized carbons (Fsp3) is 0. The van der Waals surface area contributed by atoms with Gasteiger partial charge in [-0.25, -0.2) is 4.99 Å². The number of nitrogens with zero attached hydrogens (tertiary/aromatic N) is 1. The van der Waals surface area contributed by atoms with E-state index in [-0.39, 0.29) is 5.88 Å². The standard InChI is InChI=1S/C21H12N2O/c24-21-19-15(10-22-21)17-12-6-2-1-5-11(12)9-14(17)20-18(19)13-7-3-4-8-16(13)23-20/h1-10,22,24H. The zero-order chi connectivity index (χ0) is 15.8. The van der Waals surface area contributed by atoms with E-state index in [0.29, 0.717) is 0 Å². The summed E-state index contributed by atoms with van der Waals surface area (Å²) in [6.07, 6.45) is 4.11. The van der Waals surface area contributed by atoms with Gasteiger partial charge < -0.3 is 10.1 Å². The second kappa shape index (κ2) is 3.95. The third kappa shape index (κ3) is 1.27. The normalized spacial score (nSPS) is 13.0. The minimum atomic E-state index is 0.209. The van der Waals surface area contributed by atoms with E-state index in [2.05, 4.69) is 41.4 Å². The Morgan fingerprint density at radius 3 is 2.58 bits per heavy atom. The Labute approximate surface area is 135 Å². The number of benzene rings is 3. The predicted octanol–water partition coefficient (Wildman–Crippen LogP) is 2.85. The van der Waals surface area contributed by atoms with Gasteiger partial charge in [0.05, 0.1) is 16.4 Å². The van der Waals surface area contributed by atoms with Gasteiger partial charge in [-0.3, -0.25) is 0 Å². The van der Waals surface area contributed by atoms with Gasteiger partial charge in [0, 0.05) is 32.8 Å². The van der Waals surface area contributed by atoms with Crippen LogP contribution in [0.1, 0.15) is 5.56 Å². The number of nitrogens with one attached hydrogen (secondary N) is 1. The number of para-hydroxylation sites is 1. The van der Waals surface area contributed by atoms with Crippen LogP contribution in [0.4, 0.5) is 5.69 Å². The minimum absolute atomic E-state index is 0.209. The van der Waals surface area contributed by atoms with Crippen molar-refractivity contribution in [2.45, 2.75) is 0 Å². The lowest BCUT2D eigenvalue weighted by atomic mass is 10.0. The third-order valence-electron chi connectivity index (χ3n) is 5.08. The second-order valence-corrected chi connectivity index (χ2v) is 6.30. The molecule has 1 aliphatic heterocycles. The summed E-state index contributed by atoms with van der Waals surface area (Å²) in [6.45, 7) is 0. The molecule has 2 heterocycles. The highest BCUT2D eigenvalue weighted by Crippen LogP contribution is 2.38. The summed E-state index contributed by atoms with van der Waals surface area (Å²) in [4.78, 5) is 7.88. The lowest BCUT2D eigenvalue weighted by Crippen LogP contribution is -1.97. The molecular weight excluding hydrogens is 296 g/mol. The first-order valence-electron chi connectivity index (χ1n) is 7.98. The van der Waals surface area contributed by atoms with Crippen LogP contribution >= 0.6 is 0 Å². The summed E-state index contributed by atoms with van der Waals surface area (Å²) in [5, 5.41) is 19.0. The lowest BCUT2D eigenvalue weighted by Gasteiger charge is -2.02. The molecule has 0 fully saturated rings. The number of hydrogen-bond donors (Lipinski definition) is 2. The maximum absolute atomic E-state index is 10.5. The Morgan fingerprint density at radius 1 is 0.875 bits per heavy atom. The molecule has 1 aromatic heterocycles. The maximum atomic E-state index is 10.5. The van der Waals surface area contributed by atoms with E-state index in [9.17, 15) is 5.11 Å². The number of aromatic nitrogens is 1. The topological polar surface area (TPSA) is 48.4 Å². The van der Waals surface area contributed by atoms with E-state index >= 15 is 0 Å². The Balaban J connectivity index is 2.10. The van der Waals surface area contributed by atoms with E-state index in [0.717, 1.165) is 43.0 Å². The molecule has 0 amide bonds. The molecule has 3 aromatic carbocycles. The van der Waals surface area contributed by atoms with Crippen molar-refractivity contribution in [1.82, 2.24) is 4.98 Å².